The summed E-state index contributed by atoms with van der Waals surface area (Å²) in [7, 11) is -3.47. The second-order valence-electron chi connectivity index (χ2n) is 5.70. The maximum Gasteiger partial charge on any atom is 0.243 e. The summed E-state index contributed by atoms with van der Waals surface area (Å²) in [6.07, 6.45) is 0.932. The van der Waals surface area contributed by atoms with Crippen molar-refractivity contribution in [2.45, 2.75) is 17.4 Å². The van der Waals surface area contributed by atoms with Crippen LogP contribution in [0.15, 0.2) is 23.1 Å². The molecule has 0 bridgehead atoms. The van der Waals surface area contributed by atoms with Gasteiger partial charge in [-0.05, 0) is 31.0 Å². The lowest BCUT2D eigenvalue weighted by atomic mass is 10.1. The van der Waals surface area contributed by atoms with Crippen LogP contribution >= 0.6 is 0 Å². The molecule has 114 valence electrons. The number of rotatable bonds is 2. The fourth-order valence-electron chi connectivity index (χ4n) is 3.43. The first-order valence-corrected chi connectivity index (χ1v) is 8.72. The lowest BCUT2D eigenvalue weighted by Crippen LogP contribution is -2.39. The molecule has 0 aromatic heterocycles. The quantitative estimate of drug-likeness (QED) is 0.858. The van der Waals surface area contributed by atoms with Crippen molar-refractivity contribution in [1.82, 2.24) is 9.62 Å². The predicted octanol–water partition coefficient (Wildman–Crippen LogP) is 0.440. The number of hydrogen-bond acceptors (Lipinski definition) is 5. The third-order valence-corrected chi connectivity index (χ3v) is 6.44. The van der Waals surface area contributed by atoms with Gasteiger partial charge < -0.3 is 14.8 Å². The minimum Gasteiger partial charge on any atom is -0.486 e. The summed E-state index contributed by atoms with van der Waals surface area (Å²) < 4.78 is 38.3. The summed E-state index contributed by atoms with van der Waals surface area (Å²) in [6, 6.07) is 4.96. The Balaban J connectivity index is 1.68. The molecular formula is C14H18N2O4S. The first-order chi connectivity index (χ1) is 10.2. The van der Waals surface area contributed by atoms with Gasteiger partial charge in [0.1, 0.15) is 13.2 Å². The van der Waals surface area contributed by atoms with Gasteiger partial charge in [0.05, 0.1) is 4.90 Å². The summed E-state index contributed by atoms with van der Waals surface area (Å²) in [6.45, 7) is 3.22. The average Bonchev–Trinajstić information content (AvgIpc) is 3.09. The highest BCUT2D eigenvalue weighted by molar-refractivity contribution is 7.89. The van der Waals surface area contributed by atoms with Crippen molar-refractivity contribution >= 4 is 10.0 Å². The zero-order valence-electron chi connectivity index (χ0n) is 11.6. The zero-order chi connectivity index (χ0) is 14.4. The van der Waals surface area contributed by atoms with E-state index in [0.717, 1.165) is 19.5 Å². The van der Waals surface area contributed by atoms with Gasteiger partial charge in [-0.15, -0.1) is 0 Å². The lowest BCUT2D eigenvalue weighted by Gasteiger charge is -2.24. The molecule has 21 heavy (non-hydrogen) atoms. The van der Waals surface area contributed by atoms with Crippen LogP contribution in [0.4, 0.5) is 0 Å². The van der Waals surface area contributed by atoms with Gasteiger partial charge in [0.25, 0.3) is 0 Å². The molecule has 0 unspecified atom stereocenters. The Labute approximate surface area is 124 Å². The summed E-state index contributed by atoms with van der Waals surface area (Å²) in [5.74, 6) is 1.57. The maximum absolute atomic E-state index is 12.9. The SMILES string of the molecule is O=S(=O)(c1ccc2c(c1)OCCO2)N1CC[C@H]2CNC[C@H]21. The van der Waals surface area contributed by atoms with Crippen LogP contribution in [0, 0.1) is 5.92 Å². The van der Waals surface area contributed by atoms with Crippen molar-refractivity contribution < 1.29 is 17.9 Å². The molecule has 0 amide bonds. The Hall–Kier alpha value is -1.31. The van der Waals surface area contributed by atoms with Gasteiger partial charge in [-0.2, -0.15) is 4.31 Å². The molecule has 2 fully saturated rings. The molecule has 6 nitrogen and oxygen atoms in total. The minimum absolute atomic E-state index is 0.0863. The van der Waals surface area contributed by atoms with Crippen molar-refractivity contribution in [1.29, 1.82) is 0 Å². The number of nitrogens with one attached hydrogen (secondary N) is 1. The number of nitrogens with zero attached hydrogens (tertiary/aromatic N) is 1. The topological polar surface area (TPSA) is 67.9 Å². The van der Waals surface area contributed by atoms with Gasteiger partial charge in [0.2, 0.25) is 10.0 Å². The number of benzene rings is 1. The van der Waals surface area contributed by atoms with Crippen molar-refractivity contribution in [2.75, 3.05) is 32.8 Å². The maximum atomic E-state index is 12.9. The number of sulfonamides is 1. The Morgan fingerprint density at radius 1 is 1.14 bits per heavy atom. The predicted molar refractivity (Wildman–Crippen MR) is 76.1 cm³/mol. The van der Waals surface area contributed by atoms with Crippen LogP contribution in [0.25, 0.3) is 0 Å². The molecular weight excluding hydrogens is 292 g/mol. The molecule has 2 atom stereocenters. The Morgan fingerprint density at radius 2 is 1.95 bits per heavy atom. The highest BCUT2D eigenvalue weighted by atomic mass is 32.2. The third kappa shape index (κ3) is 2.11. The molecule has 2 saturated heterocycles. The summed E-state index contributed by atoms with van der Waals surface area (Å²) in [5.41, 5.74) is 0. The first-order valence-electron chi connectivity index (χ1n) is 7.28. The first kappa shape index (κ1) is 13.4. The van der Waals surface area contributed by atoms with Gasteiger partial charge in [0, 0.05) is 25.2 Å². The molecule has 3 aliphatic rings. The Kier molecular flexibility index (Phi) is 3.09. The molecule has 0 aliphatic carbocycles. The highest BCUT2D eigenvalue weighted by Gasteiger charge is 2.44. The monoisotopic (exact) mass is 310 g/mol. The molecule has 3 heterocycles. The standard InChI is InChI=1S/C14H18N2O4S/c17-21(18,16-4-3-10-8-15-9-12(10)16)11-1-2-13-14(7-11)20-6-5-19-13/h1-2,7,10,12,15H,3-6,8-9H2/t10-,12+/m0/s1. The van der Waals surface area contributed by atoms with E-state index in [2.05, 4.69) is 5.32 Å². The van der Waals surface area contributed by atoms with Gasteiger partial charge in [0.15, 0.2) is 11.5 Å². The normalized spacial score (nSPS) is 28.6. The molecule has 7 heteroatoms. The van der Waals surface area contributed by atoms with Crippen molar-refractivity contribution in [3.63, 3.8) is 0 Å². The second kappa shape index (κ2) is 4.86. The van der Waals surface area contributed by atoms with Crippen molar-refractivity contribution in [2.24, 2.45) is 5.92 Å². The number of hydrogen-bond donors (Lipinski definition) is 1. The Bertz CT molecular complexity index is 661. The van der Waals surface area contributed by atoms with Crippen molar-refractivity contribution in [3.8, 4) is 11.5 Å². The fraction of sp³-hybridized carbons (Fsp3) is 0.571. The largest absolute Gasteiger partial charge is 0.486 e. The van der Waals surface area contributed by atoms with E-state index in [1.54, 1.807) is 22.5 Å². The van der Waals surface area contributed by atoms with Crippen LogP contribution in [-0.4, -0.2) is 51.6 Å². The van der Waals surface area contributed by atoms with Crippen LogP contribution in [0.3, 0.4) is 0 Å². The van der Waals surface area contributed by atoms with Crippen LogP contribution in [0.1, 0.15) is 6.42 Å². The molecule has 0 saturated carbocycles. The lowest BCUT2D eigenvalue weighted by molar-refractivity contribution is 0.171. The minimum atomic E-state index is -3.47. The van der Waals surface area contributed by atoms with Gasteiger partial charge >= 0.3 is 0 Å². The third-order valence-electron chi connectivity index (χ3n) is 4.51. The van der Waals surface area contributed by atoms with E-state index in [1.165, 1.54) is 0 Å². The molecule has 0 spiro atoms. The summed E-state index contributed by atoms with van der Waals surface area (Å²) >= 11 is 0. The van der Waals surface area contributed by atoms with E-state index in [0.29, 0.717) is 42.1 Å². The van der Waals surface area contributed by atoms with Crippen LogP contribution in [-0.2, 0) is 10.0 Å². The zero-order valence-corrected chi connectivity index (χ0v) is 12.4. The fourth-order valence-corrected chi connectivity index (χ4v) is 5.14. The van der Waals surface area contributed by atoms with Gasteiger partial charge in [-0.25, -0.2) is 8.42 Å². The van der Waals surface area contributed by atoms with Crippen LogP contribution in [0.5, 0.6) is 11.5 Å². The summed E-state index contributed by atoms with van der Waals surface area (Å²) in [5, 5.41) is 3.28. The van der Waals surface area contributed by atoms with E-state index in [1.807, 2.05) is 0 Å². The molecule has 1 N–H and O–H groups in total. The summed E-state index contributed by atoms with van der Waals surface area (Å²) in [4.78, 5) is 0.291. The van der Waals surface area contributed by atoms with Gasteiger partial charge in [-0.1, -0.05) is 0 Å². The molecule has 4 rings (SSSR count). The van der Waals surface area contributed by atoms with E-state index in [4.69, 9.17) is 9.47 Å². The number of fused-ring (bicyclic) bond motifs is 2. The molecule has 3 aliphatic heterocycles. The van der Waals surface area contributed by atoms with E-state index in [9.17, 15) is 8.42 Å². The van der Waals surface area contributed by atoms with E-state index >= 15 is 0 Å². The smallest absolute Gasteiger partial charge is 0.243 e. The average molecular weight is 310 g/mol. The number of ether oxygens (including phenoxy) is 2. The van der Waals surface area contributed by atoms with Gasteiger partial charge in [-0.3, -0.25) is 0 Å². The highest BCUT2D eigenvalue weighted by Crippen LogP contribution is 2.36. The molecule has 1 aromatic rings. The molecule has 1 aromatic carbocycles. The van der Waals surface area contributed by atoms with E-state index in [-0.39, 0.29) is 6.04 Å². The van der Waals surface area contributed by atoms with Crippen molar-refractivity contribution in [3.05, 3.63) is 18.2 Å². The van der Waals surface area contributed by atoms with E-state index < -0.39 is 10.0 Å². The van der Waals surface area contributed by atoms with Crippen LogP contribution < -0.4 is 14.8 Å². The second-order valence-corrected chi connectivity index (χ2v) is 7.59. The molecule has 0 radical (unpaired) electrons. The van der Waals surface area contributed by atoms with Crippen LogP contribution in [0.2, 0.25) is 0 Å². The Morgan fingerprint density at radius 3 is 2.81 bits per heavy atom.